The maximum atomic E-state index is 13.1. The fraction of sp³-hybridized carbons (Fsp3) is 0.833. The molecule has 65 heavy (non-hydrogen) atoms. The number of rotatable bonds is 44. The van der Waals surface area contributed by atoms with Crippen LogP contribution in [0.15, 0.2) is 48.6 Å². The Balaban J connectivity index is 2.20. The molecule has 11 nitrogen and oxygen atoms in total. The number of hydrogen-bond acceptors (Lipinski definition) is 10. The first-order valence-corrected chi connectivity index (χ1v) is 26.5. The summed E-state index contributed by atoms with van der Waals surface area (Å²) in [6.07, 6.45) is 42.3. The molecule has 11 heteroatoms. The molecule has 0 bridgehead atoms. The fourth-order valence-electron chi connectivity index (χ4n) is 8.32. The van der Waals surface area contributed by atoms with Crippen LogP contribution in [0.3, 0.4) is 0 Å². The molecule has 8 N–H and O–H groups in total. The molecule has 0 radical (unpaired) electrons. The summed E-state index contributed by atoms with van der Waals surface area (Å²) >= 11 is 0. The fourth-order valence-corrected chi connectivity index (χ4v) is 8.32. The van der Waals surface area contributed by atoms with E-state index in [4.69, 9.17) is 9.47 Å². The van der Waals surface area contributed by atoms with Crippen LogP contribution >= 0.6 is 0 Å². The number of amides is 1. The van der Waals surface area contributed by atoms with E-state index in [1.807, 2.05) is 19.1 Å². The maximum absolute atomic E-state index is 13.1. The number of nitrogens with one attached hydrogen (secondary N) is 1. The Morgan fingerprint density at radius 3 is 1.55 bits per heavy atom. The molecule has 0 saturated carbocycles. The van der Waals surface area contributed by atoms with E-state index in [-0.39, 0.29) is 12.8 Å². The summed E-state index contributed by atoms with van der Waals surface area (Å²) in [5.41, 5.74) is 0. The van der Waals surface area contributed by atoms with Crippen LogP contribution in [-0.2, 0) is 14.3 Å². The topological polar surface area (TPSA) is 189 Å². The van der Waals surface area contributed by atoms with Crippen molar-refractivity contribution in [2.45, 2.75) is 274 Å². The average molecular weight is 922 g/mol. The van der Waals surface area contributed by atoms with Crippen LogP contribution in [0.25, 0.3) is 0 Å². The summed E-state index contributed by atoms with van der Waals surface area (Å²) in [5.74, 6) is -0.715. The van der Waals surface area contributed by atoms with Crippen molar-refractivity contribution >= 4 is 5.91 Å². The van der Waals surface area contributed by atoms with Crippen LogP contribution < -0.4 is 5.32 Å². The molecule has 9 atom stereocenters. The lowest BCUT2D eigenvalue weighted by Crippen LogP contribution is -2.60. The van der Waals surface area contributed by atoms with Crippen molar-refractivity contribution in [2.24, 2.45) is 0 Å². The highest BCUT2D eigenvalue weighted by Crippen LogP contribution is 2.23. The van der Waals surface area contributed by atoms with E-state index in [0.717, 1.165) is 38.5 Å². The van der Waals surface area contributed by atoms with Gasteiger partial charge in [0.15, 0.2) is 6.29 Å². The van der Waals surface area contributed by atoms with E-state index in [1.165, 1.54) is 135 Å². The average Bonchev–Trinajstić information content (AvgIpc) is 3.31. The largest absolute Gasteiger partial charge is 0.394 e. The van der Waals surface area contributed by atoms with Crippen molar-refractivity contribution < 1.29 is 50.0 Å². The van der Waals surface area contributed by atoms with Gasteiger partial charge in [0.05, 0.1) is 25.4 Å². The van der Waals surface area contributed by atoms with Gasteiger partial charge in [-0.1, -0.05) is 190 Å². The molecule has 0 aromatic rings. The van der Waals surface area contributed by atoms with Gasteiger partial charge in [-0.25, -0.2) is 0 Å². The summed E-state index contributed by atoms with van der Waals surface area (Å²) in [6, 6.07) is -1.19. The van der Waals surface area contributed by atoms with Crippen LogP contribution in [0.1, 0.15) is 219 Å². The summed E-state index contributed by atoms with van der Waals surface area (Å²) in [6.45, 7) is 3.17. The molecular formula is C54H99NO10. The number of carbonyl (C=O) groups is 1. The summed E-state index contributed by atoms with van der Waals surface area (Å²) in [7, 11) is 0. The molecule has 0 aromatic heterocycles. The number of aliphatic hydroxyl groups excluding tert-OH is 7. The van der Waals surface area contributed by atoms with Gasteiger partial charge < -0.3 is 50.5 Å². The molecule has 1 saturated heterocycles. The van der Waals surface area contributed by atoms with Crippen molar-refractivity contribution in [3.8, 4) is 0 Å². The van der Waals surface area contributed by atoms with Crippen molar-refractivity contribution in [3.63, 3.8) is 0 Å². The summed E-state index contributed by atoms with van der Waals surface area (Å²) < 4.78 is 11.0. The first kappa shape index (κ1) is 61.1. The zero-order valence-electron chi connectivity index (χ0n) is 41.2. The minimum absolute atomic E-state index is 0.242. The van der Waals surface area contributed by atoms with Gasteiger partial charge >= 0.3 is 0 Å². The van der Waals surface area contributed by atoms with Crippen LogP contribution in [0.5, 0.6) is 0 Å². The van der Waals surface area contributed by atoms with Gasteiger partial charge in [-0.3, -0.25) is 4.79 Å². The normalized spacial score (nSPS) is 21.3. The van der Waals surface area contributed by atoms with Crippen molar-refractivity contribution in [1.29, 1.82) is 0 Å². The van der Waals surface area contributed by atoms with Gasteiger partial charge in [0.25, 0.3) is 0 Å². The second kappa shape index (κ2) is 43.4. The molecule has 380 valence electrons. The van der Waals surface area contributed by atoms with E-state index in [0.29, 0.717) is 19.3 Å². The molecule has 9 unspecified atom stereocenters. The first-order valence-electron chi connectivity index (χ1n) is 26.5. The molecule has 1 amide bonds. The predicted octanol–water partition coefficient (Wildman–Crippen LogP) is 10.1. The molecule has 0 spiro atoms. The van der Waals surface area contributed by atoms with Crippen LogP contribution in [0.2, 0.25) is 0 Å². The second-order valence-corrected chi connectivity index (χ2v) is 18.6. The third-order valence-electron chi connectivity index (χ3n) is 12.7. The Hall–Kier alpha value is -1.93. The van der Waals surface area contributed by atoms with Crippen LogP contribution in [0.4, 0.5) is 0 Å². The number of unbranched alkanes of at least 4 members (excludes halogenated alkanes) is 25. The molecule has 0 aromatic carbocycles. The van der Waals surface area contributed by atoms with E-state index in [1.54, 1.807) is 0 Å². The molecule has 1 aliphatic heterocycles. The van der Waals surface area contributed by atoms with E-state index in [9.17, 15) is 40.5 Å². The Labute approximate surface area is 396 Å². The van der Waals surface area contributed by atoms with Gasteiger partial charge in [0, 0.05) is 0 Å². The SMILES string of the molecule is C/C=C/CC/C=C/CCCC(O)C(O)C(COC1OC(CO)C(O)C(O)C1O)NC(=O)C(O)CCCCCCCCCCCCCCCC/C=C\C/C=C\CCCCCCCCCCC. The third kappa shape index (κ3) is 32.5. The van der Waals surface area contributed by atoms with Crippen molar-refractivity contribution in [2.75, 3.05) is 13.2 Å². The minimum atomic E-state index is -1.67. The lowest BCUT2D eigenvalue weighted by atomic mass is 9.98. The maximum Gasteiger partial charge on any atom is 0.249 e. The summed E-state index contributed by atoms with van der Waals surface area (Å²) in [4.78, 5) is 13.1. The third-order valence-corrected chi connectivity index (χ3v) is 12.7. The van der Waals surface area contributed by atoms with E-state index < -0.39 is 74.2 Å². The highest BCUT2D eigenvalue weighted by Gasteiger charge is 2.44. The quantitative estimate of drug-likeness (QED) is 0.0216. The Bertz CT molecular complexity index is 1190. The Morgan fingerprint density at radius 1 is 0.569 bits per heavy atom. The number of hydrogen-bond donors (Lipinski definition) is 8. The number of ether oxygens (including phenoxy) is 2. The molecule has 1 fully saturated rings. The molecule has 1 aliphatic rings. The number of carbonyl (C=O) groups excluding carboxylic acids is 1. The van der Waals surface area contributed by atoms with Gasteiger partial charge in [-0.15, -0.1) is 0 Å². The van der Waals surface area contributed by atoms with Gasteiger partial charge in [-0.05, 0) is 77.6 Å². The van der Waals surface area contributed by atoms with Crippen molar-refractivity contribution in [1.82, 2.24) is 5.32 Å². The zero-order valence-corrected chi connectivity index (χ0v) is 41.2. The van der Waals surface area contributed by atoms with Gasteiger partial charge in [0.1, 0.15) is 36.6 Å². The highest BCUT2D eigenvalue weighted by molar-refractivity contribution is 5.80. The molecular weight excluding hydrogens is 823 g/mol. The van der Waals surface area contributed by atoms with Gasteiger partial charge in [-0.2, -0.15) is 0 Å². The van der Waals surface area contributed by atoms with E-state index in [2.05, 4.69) is 48.7 Å². The molecule has 1 heterocycles. The zero-order chi connectivity index (χ0) is 47.6. The molecule has 0 aliphatic carbocycles. The monoisotopic (exact) mass is 922 g/mol. The van der Waals surface area contributed by atoms with Crippen LogP contribution in [0, 0.1) is 0 Å². The Kier molecular flexibility index (Phi) is 40.7. The number of allylic oxidation sites excluding steroid dienone is 8. The van der Waals surface area contributed by atoms with Crippen LogP contribution in [-0.4, -0.2) is 110 Å². The van der Waals surface area contributed by atoms with E-state index >= 15 is 0 Å². The Morgan fingerprint density at radius 2 is 1.03 bits per heavy atom. The lowest BCUT2D eigenvalue weighted by molar-refractivity contribution is -0.303. The van der Waals surface area contributed by atoms with Crippen molar-refractivity contribution in [3.05, 3.63) is 48.6 Å². The number of aliphatic hydroxyl groups is 7. The smallest absolute Gasteiger partial charge is 0.249 e. The predicted molar refractivity (Wildman–Crippen MR) is 265 cm³/mol. The summed E-state index contributed by atoms with van der Waals surface area (Å²) in [5, 5.41) is 75.5. The second-order valence-electron chi connectivity index (χ2n) is 18.6. The standard InChI is InChI=1S/C54H99NO10/c1-3-5-7-9-11-13-14-15-16-17-18-19-20-21-22-23-24-25-26-27-28-29-30-31-32-33-34-36-38-40-42-47(58)53(63)55-45(44-64-54-52(62)51(61)50(60)48(43-56)65-54)49(59)46(57)41-39-37-35-12-10-8-6-4-2/h4,6,12,18-19,21-22,35,45-52,54,56-62H,3,5,7-11,13-17,20,23-34,36-44H2,1-2H3,(H,55,63)/b6-4+,19-18-,22-21-,35-12+. The highest BCUT2D eigenvalue weighted by atomic mass is 16.7. The molecule has 1 rings (SSSR count). The van der Waals surface area contributed by atoms with Gasteiger partial charge in [0.2, 0.25) is 5.91 Å². The lowest BCUT2D eigenvalue weighted by Gasteiger charge is -2.40. The minimum Gasteiger partial charge on any atom is -0.394 e. The first-order chi connectivity index (χ1) is 31.7.